The van der Waals surface area contributed by atoms with E-state index in [0.717, 1.165) is 22.6 Å². The molecule has 0 saturated heterocycles. The van der Waals surface area contributed by atoms with Crippen LogP contribution in [0.15, 0.2) is 61.2 Å². The SMILES string of the molecule is C=CCNC(=S)N(Cc1ccc(OC)cc1)Cc1ccc(OC)cc1. The van der Waals surface area contributed by atoms with E-state index in [2.05, 4.69) is 41.1 Å². The lowest BCUT2D eigenvalue weighted by Crippen LogP contribution is -2.38. The first kappa shape index (κ1) is 18.8. The highest BCUT2D eigenvalue weighted by atomic mass is 32.1. The van der Waals surface area contributed by atoms with Gasteiger partial charge in [0.15, 0.2) is 5.11 Å². The Hall–Kier alpha value is -2.53. The normalized spacial score (nSPS) is 10.0. The van der Waals surface area contributed by atoms with Crippen molar-refractivity contribution in [1.29, 1.82) is 0 Å². The summed E-state index contributed by atoms with van der Waals surface area (Å²) in [5, 5.41) is 3.91. The van der Waals surface area contributed by atoms with Gasteiger partial charge >= 0.3 is 0 Å². The molecule has 0 aliphatic carbocycles. The van der Waals surface area contributed by atoms with Crippen molar-refractivity contribution in [2.75, 3.05) is 20.8 Å². The van der Waals surface area contributed by atoms with Crippen molar-refractivity contribution in [2.24, 2.45) is 0 Å². The van der Waals surface area contributed by atoms with Crippen LogP contribution in [0.5, 0.6) is 11.5 Å². The number of thiocarbonyl (C=S) groups is 1. The molecule has 0 radical (unpaired) electrons. The van der Waals surface area contributed by atoms with E-state index in [1.165, 1.54) is 0 Å². The van der Waals surface area contributed by atoms with E-state index in [0.29, 0.717) is 24.7 Å². The second-order valence-corrected chi connectivity index (χ2v) is 5.91. The quantitative estimate of drug-likeness (QED) is 0.575. The minimum Gasteiger partial charge on any atom is -0.497 e. The molecule has 5 heteroatoms. The molecule has 0 saturated carbocycles. The second-order valence-electron chi connectivity index (χ2n) is 5.53. The van der Waals surface area contributed by atoms with Crippen LogP contribution in [0.2, 0.25) is 0 Å². The Morgan fingerprint density at radius 2 is 1.40 bits per heavy atom. The van der Waals surface area contributed by atoms with Gasteiger partial charge in [-0.2, -0.15) is 0 Å². The van der Waals surface area contributed by atoms with Gasteiger partial charge in [-0.25, -0.2) is 0 Å². The average Bonchev–Trinajstić information content (AvgIpc) is 2.66. The minimum absolute atomic E-state index is 0.639. The van der Waals surface area contributed by atoms with Gasteiger partial charge in [0.05, 0.1) is 14.2 Å². The van der Waals surface area contributed by atoms with Crippen LogP contribution < -0.4 is 14.8 Å². The third kappa shape index (κ3) is 5.80. The van der Waals surface area contributed by atoms with Crippen molar-refractivity contribution >= 4 is 17.3 Å². The maximum atomic E-state index is 5.55. The summed E-state index contributed by atoms with van der Waals surface area (Å²) in [6.45, 7) is 5.78. The predicted octanol–water partition coefficient (Wildman–Crippen LogP) is 3.77. The largest absolute Gasteiger partial charge is 0.497 e. The lowest BCUT2D eigenvalue weighted by atomic mass is 10.1. The Labute approximate surface area is 155 Å². The van der Waals surface area contributed by atoms with E-state index in [4.69, 9.17) is 21.7 Å². The van der Waals surface area contributed by atoms with Crippen LogP contribution in [0.4, 0.5) is 0 Å². The van der Waals surface area contributed by atoms with Gasteiger partial charge in [0.2, 0.25) is 0 Å². The molecule has 0 amide bonds. The van der Waals surface area contributed by atoms with E-state index in [-0.39, 0.29) is 0 Å². The molecule has 0 aliphatic rings. The first-order valence-corrected chi connectivity index (χ1v) is 8.46. The summed E-state index contributed by atoms with van der Waals surface area (Å²) in [6.07, 6.45) is 1.80. The summed E-state index contributed by atoms with van der Waals surface area (Å²) in [6, 6.07) is 16.0. The average molecular weight is 356 g/mol. The highest BCUT2D eigenvalue weighted by molar-refractivity contribution is 7.80. The van der Waals surface area contributed by atoms with Crippen LogP contribution >= 0.6 is 12.2 Å². The van der Waals surface area contributed by atoms with Crippen molar-refractivity contribution in [1.82, 2.24) is 10.2 Å². The van der Waals surface area contributed by atoms with Gasteiger partial charge < -0.3 is 19.7 Å². The Morgan fingerprint density at radius 3 is 1.76 bits per heavy atom. The fourth-order valence-electron chi connectivity index (χ4n) is 2.37. The molecule has 1 N–H and O–H groups in total. The highest BCUT2D eigenvalue weighted by Gasteiger charge is 2.11. The molecule has 0 fully saturated rings. The number of benzene rings is 2. The molecule has 2 aromatic rings. The van der Waals surface area contributed by atoms with Crippen LogP contribution in [-0.2, 0) is 13.1 Å². The monoisotopic (exact) mass is 356 g/mol. The number of methoxy groups -OCH3 is 2. The van der Waals surface area contributed by atoms with Crippen LogP contribution in [-0.4, -0.2) is 30.8 Å². The van der Waals surface area contributed by atoms with Crippen molar-refractivity contribution in [3.63, 3.8) is 0 Å². The number of hydrogen-bond donors (Lipinski definition) is 1. The molecule has 2 rings (SSSR count). The fraction of sp³-hybridized carbons (Fsp3) is 0.250. The summed E-state index contributed by atoms with van der Waals surface area (Å²) < 4.78 is 10.4. The molecule has 0 spiro atoms. The third-order valence-electron chi connectivity index (χ3n) is 3.75. The van der Waals surface area contributed by atoms with Crippen molar-refractivity contribution < 1.29 is 9.47 Å². The molecule has 0 aromatic heterocycles. The number of hydrogen-bond acceptors (Lipinski definition) is 3. The molecular weight excluding hydrogens is 332 g/mol. The molecule has 4 nitrogen and oxygen atoms in total. The zero-order chi connectivity index (χ0) is 18.1. The van der Waals surface area contributed by atoms with Crippen LogP contribution in [0.1, 0.15) is 11.1 Å². The van der Waals surface area contributed by atoms with E-state index in [9.17, 15) is 0 Å². The maximum absolute atomic E-state index is 5.55. The summed E-state index contributed by atoms with van der Waals surface area (Å²) in [5.41, 5.74) is 2.33. The van der Waals surface area contributed by atoms with E-state index >= 15 is 0 Å². The van der Waals surface area contributed by atoms with E-state index in [1.54, 1.807) is 20.3 Å². The Kier molecular flexibility index (Phi) is 7.29. The fourth-order valence-corrected chi connectivity index (χ4v) is 2.59. The van der Waals surface area contributed by atoms with Gasteiger partial charge in [-0.05, 0) is 47.6 Å². The van der Waals surface area contributed by atoms with Gasteiger partial charge in [0, 0.05) is 19.6 Å². The lowest BCUT2D eigenvalue weighted by Gasteiger charge is -2.26. The van der Waals surface area contributed by atoms with Gasteiger partial charge in [0.25, 0.3) is 0 Å². The zero-order valence-corrected chi connectivity index (χ0v) is 15.5. The number of nitrogens with one attached hydrogen (secondary N) is 1. The summed E-state index contributed by atoms with van der Waals surface area (Å²) in [4.78, 5) is 2.13. The first-order chi connectivity index (χ1) is 12.2. The Balaban J connectivity index is 2.12. The van der Waals surface area contributed by atoms with Gasteiger partial charge in [0.1, 0.15) is 11.5 Å². The standard InChI is InChI=1S/C20H24N2O2S/c1-4-13-21-20(25)22(14-16-5-9-18(23-2)10-6-16)15-17-7-11-19(24-3)12-8-17/h4-12H,1,13-15H2,2-3H3,(H,21,25). The van der Waals surface area contributed by atoms with Crippen LogP contribution in [0.3, 0.4) is 0 Å². The molecule has 0 atom stereocenters. The van der Waals surface area contributed by atoms with Gasteiger partial charge in [-0.3, -0.25) is 0 Å². The van der Waals surface area contributed by atoms with Gasteiger partial charge in [-0.15, -0.1) is 6.58 Å². The number of rotatable bonds is 8. The predicted molar refractivity (Wildman–Crippen MR) is 106 cm³/mol. The lowest BCUT2D eigenvalue weighted by molar-refractivity contribution is 0.396. The summed E-state index contributed by atoms with van der Waals surface area (Å²) in [7, 11) is 3.33. The van der Waals surface area contributed by atoms with Gasteiger partial charge in [-0.1, -0.05) is 30.3 Å². The Bertz CT molecular complexity index is 634. The smallest absolute Gasteiger partial charge is 0.169 e. The Morgan fingerprint density at radius 1 is 0.960 bits per heavy atom. The van der Waals surface area contributed by atoms with E-state index in [1.807, 2.05) is 24.3 Å². The highest BCUT2D eigenvalue weighted by Crippen LogP contribution is 2.17. The zero-order valence-electron chi connectivity index (χ0n) is 14.7. The van der Waals surface area contributed by atoms with Crippen molar-refractivity contribution in [3.05, 3.63) is 72.3 Å². The van der Waals surface area contributed by atoms with Crippen LogP contribution in [0, 0.1) is 0 Å². The number of ether oxygens (including phenoxy) is 2. The first-order valence-electron chi connectivity index (χ1n) is 8.05. The molecule has 0 aliphatic heterocycles. The summed E-state index contributed by atoms with van der Waals surface area (Å²) in [5.74, 6) is 1.69. The third-order valence-corrected chi connectivity index (χ3v) is 4.15. The minimum atomic E-state index is 0.639. The van der Waals surface area contributed by atoms with E-state index < -0.39 is 0 Å². The molecule has 132 valence electrons. The molecule has 25 heavy (non-hydrogen) atoms. The topological polar surface area (TPSA) is 33.7 Å². The molecule has 0 unspecified atom stereocenters. The summed E-state index contributed by atoms with van der Waals surface area (Å²) >= 11 is 5.55. The van der Waals surface area contributed by atoms with Crippen molar-refractivity contribution in [3.8, 4) is 11.5 Å². The molecule has 0 heterocycles. The maximum Gasteiger partial charge on any atom is 0.169 e. The molecule has 2 aromatic carbocycles. The molecule has 0 bridgehead atoms. The number of nitrogens with zero attached hydrogens (tertiary/aromatic N) is 1. The molecular formula is C20H24N2O2S. The van der Waals surface area contributed by atoms with Crippen LogP contribution in [0.25, 0.3) is 0 Å². The van der Waals surface area contributed by atoms with Crippen molar-refractivity contribution in [2.45, 2.75) is 13.1 Å². The second kappa shape index (κ2) is 9.69.